The molecule has 128 valence electrons. The van der Waals surface area contributed by atoms with E-state index in [2.05, 4.69) is 15.5 Å². The number of hydrogen-bond acceptors (Lipinski definition) is 3. The second-order valence-electron chi connectivity index (χ2n) is 6.66. The summed E-state index contributed by atoms with van der Waals surface area (Å²) in [6.45, 7) is 0. The molecule has 0 aliphatic heterocycles. The number of benzene rings is 1. The Bertz CT molecular complexity index is 675. The lowest BCUT2D eigenvalue weighted by molar-refractivity contribution is -0.116. The molecule has 0 radical (unpaired) electrons. The van der Waals surface area contributed by atoms with Crippen molar-refractivity contribution in [1.82, 2.24) is 10.2 Å². The van der Waals surface area contributed by atoms with Gasteiger partial charge in [-0.05, 0) is 30.4 Å². The van der Waals surface area contributed by atoms with Crippen LogP contribution in [0.1, 0.15) is 49.8 Å². The standard InChI is InChI=1S/C19H25N3O2/c23-17-9-5-4-8-15(17)10-11-19(24)20-18-13-16(21-22-18)12-14-6-2-1-3-7-14/h4-5,8-9,13-14,23H,1-3,6-7,10-12H2,(H2,20,21,22,24). The highest BCUT2D eigenvalue weighted by Crippen LogP contribution is 2.26. The van der Waals surface area contributed by atoms with Gasteiger partial charge in [0.15, 0.2) is 5.82 Å². The summed E-state index contributed by atoms with van der Waals surface area (Å²) in [7, 11) is 0. The molecule has 1 aliphatic rings. The Kier molecular flexibility index (Phi) is 5.51. The molecule has 1 heterocycles. The number of rotatable bonds is 6. The first-order chi connectivity index (χ1) is 11.7. The second kappa shape index (κ2) is 7.99. The van der Waals surface area contributed by atoms with Crippen molar-refractivity contribution in [3.05, 3.63) is 41.6 Å². The van der Waals surface area contributed by atoms with Crippen molar-refractivity contribution >= 4 is 11.7 Å². The van der Waals surface area contributed by atoms with Crippen molar-refractivity contribution in [3.8, 4) is 5.75 Å². The van der Waals surface area contributed by atoms with Crippen LogP contribution in [0.5, 0.6) is 5.75 Å². The summed E-state index contributed by atoms with van der Waals surface area (Å²) in [5, 5.41) is 19.8. The van der Waals surface area contributed by atoms with Gasteiger partial charge in [-0.2, -0.15) is 5.10 Å². The molecule has 0 bridgehead atoms. The maximum Gasteiger partial charge on any atom is 0.225 e. The maximum atomic E-state index is 12.0. The Hall–Kier alpha value is -2.30. The van der Waals surface area contributed by atoms with E-state index >= 15 is 0 Å². The molecule has 0 atom stereocenters. The summed E-state index contributed by atoms with van der Waals surface area (Å²) in [5.74, 6) is 1.47. The van der Waals surface area contributed by atoms with Gasteiger partial charge in [-0.25, -0.2) is 0 Å². The van der Waals surface area contributed by atoms with Crippen LogP contribution in [0.3, 0.4) is 0 Å². The molecule has 1 amide bonds. The Balaban J connectivity index is 1.47. The maximum absolute atomic E-state index is 12.0. The quantitative estimate of drug-likeness (QED) is 0.755. The summed E-state index contributed by atoms with van der Waals surface area (Å²) in [5.41, 5.74) is 1.88. The SMILES string of the molecule is O=C(CCc1ccccc1O)Nc1cc(CC2CCCCC2)[nH]n1. The zero-order valence-electron chi connectivity index (χ0n) is 13.9. The molecule has 1 saturated carbocycles. The van der Waals surface area contributed by atoms with Gasteiger partial charge in [0, 0.05) is 18.2 Å². The van der Waals surface area contributed by atoms with Gasteiger partial charge in [-0.1, -0.05) is 50.3 Å². The highest BCUT2D eigenvalue weighted by molar-refractivity contribution is 5.89. The van der Waals surface area contributed by atoms with E-state index in [1.54, 1.807) is 12.1 Å². The Morgan fingerprint density at radius 2 is 2.04 bits per heavy atom. The monoisotopic (exact) mass is 327 g/mol. The molecule has 1 aromatic carbocycles. The van der Waals surface area contributed by atoms with Crippen molar-refractivity contribution in [2.24, 2.45) is 5.92 Å². The number of aromatic hydroxyl groups is 1. The van der Waals surface area contributed by atoms with E-state index in [4.69, 9.17) is 0 Å². The van der Waals surface area contributed by atoms with Crippen LogP contribution in [-0.2, 0) is 17.6 Å². The minimum atomic E-state index is -0.0889. The molecule has 0 spiro atoms. The van der Waals surface area contributed by atoms with Gasteiger partial charge in [0.1, 0.15) is 5.75 Å². The van der Waals surface area contributed by atoms with Gasteiger partial charge in [0.25, 0.3) is 0 Å². The van der Waals surface area contributed by atoms with Crippen LogP contribution in [-0.4, -0.2) is 21.2 Å². The van der Waals surface area contributed by atoms with Gasteiger partial charge in [-0.3, -0.25) is 9.89 Å². The first kappa shape index (κ1) is 16.6. The fourth-order valence-electron chi connectivity index (χ4n) is 3.41. The van der Waals surface area contributed by atoms with Crippen LogP contribution >= 0.6 is 0 Å². The number of H-pyrrole nitrogens is 1. The molecular formula is C19H25N3O2. The Morgan fingerprint density at radius 1 is 1.25 bits per heavy atom. The van der Waals surface area contributed by atoms with Gasteiger partial charge < -0.3 is 10.4 Å². The van der Waals surface area contributed by atoms with Crippen LogP contribution in [0.25, 0.3) is 0 Å². The van der Waals surface area contributed by atoms with E-state index in [-0.39, 0.29) is 11.7 Å². The van der Waals surface area contributed by atoms with Crippen molar-refractivity contribution in [1.29, 1.82) is 0 Å². The minimum Gasteiger partial charge on any atom is -0.508 e. The number of hydrogen-bond donors (Lipinski definition) is 3. The number of aromatic nitrogens is 2. The molecule has 5 heteroatoms. The van der Waals surface area contributed by atoms with E-state index in [9.17, 15) is 9.90 Å². The first-order valence-electron chi connectivity index (χ1n) is 8.82. The lowest BCUT2D eigenvalue weighted by atomic mass is 9.86. The van der Waals surface area contributed by atoms with Crippen molar-refractivity contribution < 1.29 is 9.90 Å². The normalized spacial score (nSPS) is 15.3. The Morgan fingerprint density at radius 3 is 2.83 bits per heavy atom. The zero-order valence-corrected chi connectivity index (χ0v) is 13.9. The molecule has 3 rings (SSSR count). The average Bonchev–Trinajstić information content (AvgIpc) is 3.02. The number of phenols is 1. The first-order valence-corrected chi connectivity index (χ1v) is 8.82. The molecule has 3 N–H and O–H groups in total. The average molecular weight is 327 g/mol. The fourth-order valence-corrected chi connectivity index (χ4v) is 3.41. The fraction of sp³-hybridized carbons (Fsp3) is 0.474. The van der Waals surface area contributed by atoms with E-state index in [0.29, 0.717) is 18.7 Å². The summed E-state index contributed by atoms with van der Waals surface area (Å²) in [4.78, 5) is 12.0. The number of aryl methyl sites for hydroxylation is 1. The van der Waals surface area contributed by atoms with E-state index < -0.39 is 0 Å². The third-order valence-corrected chi connectivity index (χ3v) is 4.74. The number of aromatic amines is 1. The summed E-state index contributed by atoms with van der Waals surface area (Å²) in [6, 6.07) is 9.04. The number of anilines is 1. The number of amides is 1. The molecule has 1 fully saturated rings. The summed E-state index contributed by atoms with van der Waals surface area (Å²) >= 11 is 0. The van der Waals surface area contributed by atoms with Crippen molar-refractivity contribution in [2.45, 2.75) is 51.4 Å². The number of nitrogens with one attached hydrogen (secondary N) is 2. The number of nitrogens with zero attached hydrogens (tertiary/aromatic N) is 1. The zero-order chi connectivity index (χ0) is 16.8. The van der Waals surface area contributed by atoms with Crippen molar-refractivity contribution in [3.63, 3.8) is 0 Å². The third-order valence-electron chi connectivity index (χ3n) is 4.74. The van der Waals surface area contributed by atoms with Crippen LogP contribution < -0.4 is 5.32 Å². The molecule has 0 saturated heterocycles. The number of para-hydroxylation sites is 1. The highest BCUT2D eigenvalue weighted by atomic mass is 16.3. The minimum absolute atomic E-state index is 0.0889. The summed E-state index contributed by atoms with van der Waals surface area (Å²) in [6.07, 6.45) is 8.45. The predicted molar refractivity (Wildman–Crippen MR) is 93.9 cm³/mol. The van der Waals surface area contributed by atoms with Crippen LogP contribution in [0.15, 0.2) is 30.3 Å². The van der Waals surface area contributed by atoms with Gasteiger partial charge in [0.05, 0.1) is 0 Å². The van der Waals surface area contributed by atoms with E-state index in [1.165, 1.54) is 32.1 Å². The molecule has 2 aromatic rings. The van der Waals surface area contributed by atoms with Crippen molar-refractivity contribution in [2.75, 3.05) is 5.32 Å². The van der Waals surface area contributed by atoms with Gasteiger partial charge >= 0.3 is 0 Å². The molecule has 1 aromatic heterocycles. The Labute approximate surface area is 142 Å². The van der Waals surface area contributed by atoms with E-state index in [1.807, 2.05) is 18.2 Å². The summed E-state index contributed by atoms with van der Waals surface area (Å²) < 4.78 is 0. The van der Waals surface area contributed by atoms with Crippen LogP contribution in [0.2, 0.25) is 0 Å². The van der Waals surface area contributed by atoms with Crippen LogP contribution in [0, 0.1) is 5.92 Å². The smallest absolute Gasteiger partial charge is 0.225 e. The number of carbonyl (C=O) groups is 1. The largest absolute Gasteiger partial charge is 0.508 e. The number of phenolic OH excluding ortho intramolecular Hbond substituents is 1. The predicted octanol–water partition coefficient (Wildman–Crippen LogP) is 3.81. The third kappa shape index (κ3) is 4.60. The lowest BCUT2D eigenvalue weighted by Gasteiger charge is -2.20. The van der Waals surface area contributed by atoms with Crippen LogP contribution in [0.4, 0.5) is 5.82 Å². The van der Waals surface area contributed by atoms with Gasteiger partial charge in [0.2, 0.25) is 5.91 Å². The highest BCUT2D eigenvalue weighted by Gasteiger charge is 2.15. The topological polar surface area (TPSA) is 78.0 Å². The second-order valence-corrected chi connectivity index (χ2v) is 6.66. The van der Waals surface area contributed by atoms with E-state index in [0.717, 1.165) is 23.6 Å². The molecule has 5 nitrogen and oxygen atoms in total. The lowest BCUT2D eigenvalue weighted by Crippen LogP contribution is -2.12. The number of carbonyl (C=O) groups excluding carboxylic acids is 1. The molecule has 0 unspecified atom stereocenters. The molecule has 1 aliphatic carbocycles. The molecular weight excluding hydrogens is 302 g/mol. The van der Waals surface area contributed by atoms with Gasteiger partial charge in [-0.15, -0.1) is 0 Å². The molecule has 24 heavy (non-hydrogen) atoms.